The lowest BCUT2D eigenvalue weighted by molar-refractivity contribution is -0.272. The van der Waals surface area contributed by atoms with Crippen LogP contribution in [0, 0.1) is 0 Å². The molecule has 0 saturated carbocycles. The predicted molar refractivity (Wildman–Crippen MR) is 61.4 cm³/mol. The van der Waals surface area contributed by atoms with Gasteiger partial charge in [-0.25, -0.2) is 0 Å². The van der Waals surface area contributed by atoms with Crippen molar-refractivity contribution >= 4 is 17.5 Å². The van der Waals surface area contributed by atoms with E-state index >= 15 is 0 Å². The zero-order chi connectivity index (χ0) is 13.8. The van der Waals surface area contributed by atoms with E-state index in [4.69, 9.17) is 11.6 Å². The van der Waals surface area contributed by atoms with Gasteiger partial charge in [0.15, 0.2) is 5.60 Å². The first-order valence-electron chi connectivity index (χ1n) is 5.93. The summed E-state index contributed by atoms with van der Waals surface area (Å²) in [6.45, 7) is -0.0918. The van der Waals surface area contributed by atoms with E-state index < -0.39 is 24.6 Å². The summed E-state index contributed by atoms with van der Waals surface area (Å²) >= 11 is 5.48. The number of amides is 1. The highest BCUT2D eigenvalue weighted by Crippen LogP contribution is 2.38. The molecule has 1 aliphatic heterocycles. The number of likely N-dealkylation sites (tertiary alicyclic amines) is 1. The summed E-state index contributed by atoms with van der Waals surface area (Å²) in [6.07, 6.45) is -3.86. The van der Waals surface area contributed by atoms with Crippen LogP contribution in [0.4, 0.5) is 13.2 Å². The highest BCUT2D eigenvalue weighted by atomic mass is 35.5. The van der Waals surface area contributed by atoms with Gasteiger partial charge in [-0.2, -0.15) is 13.2 Å². The molecule has 7 heteroatoms. The van der Waals surface area contributed by atoms with E-state index in [9.17, 15) is 23.1 Å². The maximum atomic E-state index is 12.5. The Labute approximate surface area is 109 Å². The fourth-order valence-corrected chi connectivity index (χ4v) is 2.13. The van der Waals surface area contributed by atoms with E-state index in [2.05, 4.69) is 0 Å². The molecule has 0 aliphatic carbocycles. The highest BCUT2D eigenvalue weighted by Gasteiger charge is 2.54. The number of hydrogen-bond donors (Lipinski definition) is 1. The van der Waals surface area contributed by atoms with E-state index in [1.54, 1.807) is 0 Å². The SMILES string of the molecule is O=C(CCCCCl)N1CCC(O)(C(F)(F)F)CC1. The topological polar surface area (TPSA) is 40.5 Å². The zero-order valence-corrected chi connectivity index (χ0v) is 10.7. The number of carbonyl (C=O) groups is 1. The Bertz CT molecular complexity index is 289. The lowest BCUT2D eigenvalue weighted by atomic mass is 9.90. The number of nitrogens with zero attached hydrogens (tertiary/aromatic N) is 1. The molecule has 0 atom stereocenters. The minimum absolute atomic E-state index is 0.0459. The van der Waals surface area contributed by atoms with Crippen LogP contribution in [0.2, 0.25) is 0 Å². The van der Waals surface area contributed by atoms with Gasteiger partial charge >= 0.3 is 6.18 Å². The summed E-state index contributed by atoms with van der Waals surface area (Å²) in [5.41, 5.74) is -2.64. The number of unbranched alkanes of at least 4 members (excludes halogenated alkanes) is 1. The maximum Gasteiger partial charge on any atom is 0.417 e. The van der Waals surface area contributed by atoms with Crippen molar-refractivity contribution in [3.8, 4) is 0 Å². The molecule has 0 unspecified atom stereocenters. The third-order valence-corrected chi connectivity index (χ3v) is 3.51. The van der Waals surface area contributed by atoms with Crippen LogP contribution in [0.15, 0.2) is 0 Å². The van der Waals surface area contributed by atoms with Gasteiger partial charge in [0, 0.05) is 38.2 Å². The van der Waals surface area contributed by atoms with Crippen molar-refractivity contribution in [3.63, 3.8) is 0 Å². The zero-order valence-electron chi connectivity index (χ0n) is 9.97. The van der Waals surface area contributed by atoms with E-state index in [-0.39, 0.29) is 19.0 Å². The van der Waals surface area contributed by atoms with Gasteiger partial charge in [0.25, 0.3) is 0 Å². The fraction of sp³-hybridized carbons (Fsp3) is 0.909. The summed E-state index contributed by atoms with van der Waals surface area (Å²) in [5.74, 6) is 0.311. The number of halogens is 4. The number of aliphatic hydroxyl groups is 1. The van der Waals surface area contributed by atoms with E-state index in [0.717, 1.165) is 0 Å². The highest BCUT2D eigenvalue weighted by molar-refractivity contribution is 6.17. The quantitative estimate of drug-likeness (QED) is 0.637. The minimum Gasteiger partial charge on any atom is -0.380 e. The maximum absolute atomic E-state index is 12.5. The fourth-order valence-electron chi connectivity index (χ4n) is 1.94. The third-order valence-electron chi connectivity index (χ3n) is 3.25. The molecule has 3 nitrogen and oxygen atoms in total. The van der Waals surface area contributed by atoms with Crippen LogP contribution in [0.1, 0.15) is 32.1 Å². The van der Waals surface area contributed by atoms with Crippen LogP contribution in [-0.4, -0.2) is 46.7 Å². The van der Waals surface area contributed by atoms with Crippen molar-refractivity contribution in [1.29, 1.82) is 0 Å². The lowest BCUT2D eigenvalue weighted by Crippen LogP contribution is -2.54. The Balaban J connectivity index is 2.42. The van der Waals surface area contributed by atoms with Crippen LogP contribution in [-0.2, 0) is 4.79 Å². The summed E-state index contributed by atoms with van der Waals surface area (Å²) < 4.78 is 37.6. The Morgan fingerprint density at radius 2 is 1.83 bits per heavy atom. The van der Waals surface area contributed by atoms with Crippen molar-refractivity contribution in [3.05, 3.63) is 0 Å². The Morgan fingerprint density at radius 1 is 1.28 bits per heavy atom. The van der Waals surface area contributed by atoms with E-state index in [1.165, 1.54) is 4.90 Å². The lowest BCUT2D eigenvalue weighted by Gasteiger charge is -2.39. The smallest absolute Gasteiger partial charge is 0.380 e. The molecule has 0 radical (unpaired) electrons. The number of hydrogen-bond acceptors (Lipinski definition) is 2. The molecule has 0 bridgehead atoms. The Hall–Kier alpha value is -0.490. The van der Waals surface area contributed by atoms with Gasteiger partial charge in [-0.1, -0.05) is 0 Å². The van der Waals surface area contributed by atoms with Gasteiger partial charge in [0.1, 0.15) is 0 Å². The van der Waals surface area contributed by atoms with Crippen LogP contribution >= 0.6 is 11.6 Å². The second kappa shape index (κ2) is 6.10. The van der Waals surface area contributed by atoms with Crippen molar-refractivity contribution in [1.82, 2.24) is 4.90 Å². The molecule has 1 fully saturated rings. The van der Waals surface area contributed by atoms with Crippen molar-refractivity contribution in [2.24, 2.45) is 0 Å². The largest absolute Gasteiger partial charge is 0.417 e. The second-order valence-corrected chi connectivity index (χ2v) is 4.93. The van der Waals surface area contributed by atoms with Crippen molar-refractivity contribution < 1.29 is 23.1 Å². The summed E-state index contributed by atoms with van der Waals surface area (Å²) in [7, 11) is 0. The molecule has 1 amide bonds. The average Bonchev–Trinajstić information content (AvgIpc) is 2.28. The van der Waals surface area contributed by atoms with Crippen LogP contribution in [0.3, 0.4) is 0 Å². The third kappa shape index (κ3) is 3.75. The molecule has 0 aromatic carbocycles. The number of piperidine rings is 1. The molecule has 1 aliphatic rings. The van der Waals surface area contributed by atoms with Crippen LogP contribution in [0.25, 0.3) is 0 Å². The Morgan fingerprint density at radius 3 is 2.28 bits per heavy atom. The van der Waals surface area contributed by atoms with Gasteiger partial charge < -0.3 is 10.0 Å². The average molecular weight is 288 g/mol. The van der Waals surface area contributed by atoms with E-state index in [1.807, 2.05) is 0 Å². The number of carbonyl (C=O) groups excluding carboxylic acids is 1. The van der Waals surface area contributed by atoms with Crippen molar-refractivity contribution in [2.45, 2.75) is 43.9 Å². The molecule has 0 aromatic heterocycles. The molecule has 1 heterocycles. The molecule has 0 spiro atoms. The summed E-state index contributed by atoms with van der Waals surface area (Å²) in [4.78, 5) is 13.0. The standard InChI is InChI=1S/C11H17ClF3NO2/c12-6-2-1-3-9(17)16-7-4-10(18,5-8-16)11(13,14)15/h18H,1-8H2. The second-order valence-electron chi connectivity index (χ2n) is 4.56. The van der Waals surface area contributed by atoms with Gasteiger partial charge in [0.05, 0.1) is 0 Å². The molecule has 18 heavy (non-hydrogen) atoms. The minimum atomic E-state index is -4.62. The van der Waals surface area contributed by atoms with E-state index in [0.29, 0.717) is 25.1 Å². The molecular formula is C11H17ClF3NO2. The number of alkyl halides is 4. The van der Waals surface area contributed by atoms with Gasteiger partial charge in [-0.15, -0.1) is 11.6 Å². The van der Waals surface area contributed by atoms with Crippen LogP contribution in [0.5, 0.6) is 0 Å². The first-order chi connectivity index (χ1) is 8.30. The van der Waals surface area contributed by atoms with Crippen molar-refractivity contribution in [2.75, 3.05) is 19.0 Å². The molecule has 106 valence electrons. The Kier molecular flexibility index (Phi) is 5.28. The number of rotatable bonds is 4. The molecule has 0 aromatic rings. The van der Waals surface area contributed by atoms with Gasteiger partial charge in [-0.3, -0.25) is 4.79 Å². The summed E-state index contributed by atoms with van der Waals surface area (Å²) in [5, 5.41) is 9.44. The normalized spacial score (nSPS) is 19.9. The monoisotopic (exact) mass is 287 g/mol. The predicted octanol–water partition coefficient (Wildman–Crippen LogP) is 2.31. The first-order valence-corrected chi connectivity index (χ1v) is 6.46. The molecule has 1 N–H and O–H groups in total. The molecular weight excluding hydrogens is 271 g/mol. The van der Waals surface area contributed by atoms with Gasteiger partial charge in [0.2, 0.25) is 5.91 Å². The molecule has 1 rings (SSSR count). The summed E-state index contributed by atoms with van der Waals surface area (Å²) in [6, 6.07) is 0. The van der Waals surface area contributed by atoms with Gasteiger partial charge in [-0.05, 0) is 12.8 Å². The van der Waals surface area contributed by atoms with Crippen LogP contribution < -0.4 is 0 Å². The first kappa shape index (κ1) is 15.6. The molecule has 1 saturated heterocycles.